The van der Waals surface area contributed by atoms with Gasteiger partial charge in [-0.1, -0.05) is 0 Å². The predicted molar refractivity (Wildman–Crippen MR) is 50.4 cm³/mol. The van der Waals surface area contributed by atoms with E-state index in [0.717, 1.165) is 16.7 Å². The second kappa shape index (κ2) is 2.73. The molecule has 1 aromatic heterocycles. The summed E-state index contributed by atoms with van der Waals surface area (Å²) in [5, 5.41) is 7.72. The first-order chi connectivity index (χ1) is 6.18. The number of H-pyrrole nitrogens is 1. The Labute approximate surface area is 75.2 Å². The SMILES string of the molecule is CN(C)c1n[nH]c2ccc(F)cc12. The monoisotopic (exact) mass is 179 g/mol. The van der Waals surface area contributed by atoms with Gasteiger partial charge in [0.15, 0.2) is 5.82 Å². The summed E-state index contributed by atoms with van der Waals surface area (Å²) in [4.78, 5) is 1.85. The van der Waals surface area contributed by atoms with E-state index >= 15 is 0 Å². The van der Waals surface area contributed by atoms with E-state index in [-0.39, 0.29) is 5.82 Å². The zero-order chi connectivity index (χ0) is 9.42. The Bertz CT molecular complexity index is 433. The number of aromatic nitrogens is 2. The van der Waals surface area contributed by atoms with E-state index in [9.17, 15) is 4.39 Å². The molecule has 0 saturated heterocycles. The Balaban J connectivity index is 2.71. The maximum atomic E-state index is 12.9. The highest BCUT2D eigenvalue weighted by atomic mass is 19.1. The van der Waals surface area contributed by atoms with Gasteiger partial charge in [-0.25, -0.2) is 4.39 Å². The van der Waals surface area contributed by atoms with Crippen LogP contribution in [0, 0.1) is 5.82 Å². The Kier molecular flexibility index (Phi) is 1.69. The fourth-order valence-electron chi connectivity index (χ4n) is 1.31. The highest BCUT2D eigenvalue weighted by Gasteiger charge is 2.07. The van der Waals surface area contributed by atoms with Crippen molar-refractivity contribution in [2.24, 2.45) is 0 Å². The molecule has 1 heterocycles. The van der Waals surface area contributed by atoms with E-state index in [1.54, 1.807) is 6.07 Å². The van der Waals surface area contributed by atoms with E-state index in [2.05, 4.69) is 10.2 Å². The number of nitrogens with zero attached hydrogens (tertiary/aromatic N) is 2. The summed E-state index contributed by atoms with van der Waals surface area (Å²) >= 11 is 0. The number of anilines is 1. The van der Waals surface area contributed by atoms with Gasteiger partial charge in [0.25, 0.3) is 0 Å². The minimum absolute atomic E-state index is 0.239. The average molecular weight is 179 g/mol. The molecule has 0 saturated carbocycles. The van der Waals surface area contributed by atoms with Crippen molar-refractivity contribution in [2.75, 3.05) is 19.0 Å². The van der Waals surface area contributed by atoms with Crippen molar-refractivity contribution < 1.29 is 4.39 Å². The normalized spacial score (nSPS) is 10.7. The molecule has 2 aromatic rings. The molecule has 0 fully saturated rings. The first-order valence-corrected chi connectivity index (χ1v) is 3.99. The molecule has 0 spiro atoms. The van der Waals surface area contributed by atoms with Gasteiger partial charge < -0.3 is 4.90 Å². The molecule has 13 heavy (non-hydrogen) atoms. The number of hydrogen-bond donors (Lipinski definition) is 1. The first kappa shape index (κ1) is 8.04. The largest absolute Gasteiger partial charge is 0.361 e. The van der Waals surface area contributed by atoms with Crippen LogP contribution in [0.25, 0.3) is 10.9 Å². The lowest BCUT2D eigenvalue weighted by Crippen LogP contribution is -2.09. The molecular formula is C9H10FN3. The van der Waals surface area contributed by atoms with Gasteiger partial charge in [-0.15, -0.1) is 0 Å². The molecule has 0 atom stereocenters. The van der Waals surface area contributed by atoms with Crippen LogP contribution in [0.5, 0.6) is 0 Å². The van der Waals surface area contributed by atoms with Crippen LogP contribution in [-0.2, 0) is 0 Å². The van der Waals surface area contributed by atoms with Gasteiger partial charge >= 0.3 is 0 Å². The summed E-state index contributed by atoms with van der Waals surface area (Å²) in [6.45, 7) is 0. The summed E-state index contributed by atoms with van der Waals surface area (Å²) in [5.41, 5.74) is 0.852. The fraction of sp³-hybridized carbons (Fsp3) is 0.222. The predicted octanol–water partition coefficient (Wildman–Crippen LogP) is 1.77. The lowest BCUT2D eigenvalue weighted by molar-refractivity contribution is 0.629. The summed E-state index contributed by atoms with van der Waals surface area (Å²) in [6, 6.07) is 4.58. The highest BCUT2D eigenvalue weighted by molar-refractivity contribution is 5.89. The van der Waals surface area contributed by atoms with Gasteiger partial charge in [-0.3, -0.25) is 5.10 Å². The Hall–Kier alpha value is -1.58. The number of benzene rings is 1. The minimum atomic E-state index is -0.239. The zero-order valence-corrected chi connectivity index (χ0v) is 7.50. The van der Waals surface area contributed by atoms with E-state index in [1.807, 2.05) is 19.0 Å². The molecule has 2 rings (SSSR count). The van der Waals surface area contributed by atoms with Gasteiger partial charge in [-0.2, -0.15) is 5.10 Å². The van der Waals surface area contributed by atoms with Crippen LogP contribution in [0.1, 0.15) is 0 Å². The second-order valence-corrected chi connectivity index (χ2v) is 3.13. The van der Waals surface area contributed by atoms with Crippen molar-refractivity contribution in [1.29, 1.82) is 0 Å². The number of hydrogen-bond acceptors (Lipinski definition) is 2. The van der Waals surface area contributed by atoms with Crippen LogP contribution < -0.4 is 4.90 Å². The zero-order valence-electron chi connectivity index (χ0n) is 7.50. The van der Waals surface area contributed by atoms with E-state index in [4.69, 9.17) is 0 Å². The summed E-state index contributed by atoms with van der Waals surface area (Å²) in [5.74, 6) is 0.520. The van der Waals surface area contributed by atoms with E-state index in [1.165, 1.54) is 12.1 Å². The molecule has 1 aromatic carbocycles. The number of aromatic amines is 1. The van der Waals surface area contributed by atoms with Crippen LogP contribution in [0.3, 0.4) is 0 Å². The van der Waals surface area contributed by atoms with Crippen LogP contribution in [0.15, 0.2) is 18.2 Å². The number of nitrogens with one attached hydrogen (secondary N) is 1. The second-order valence-electron chi connectivity index (χ2n) is 3.13. The molecule has 68 valence electrons. The maximum Gasteiger partial charge on any atom is 0.157 e. The lowest BCUT2D eigenvalue weighted by Gasteiger charge is -2.07. The van der Waals surface area contributed by atoms with Crippen molar-refractivity contribution in [3.05, 3.63) is 24.0 Å². The molecule has 0 bridgehead atoms. The number of rotatable bonds is 1. The smallest absolute Gasteiger partial charge is 0.157 e. The van der Waals surface area contributed by atoms with Crippen LogP contribution in [0.4, 0.5) is 10.2 Å². The highest BCUT2D eigenvalue weighted by Crippen LogP contribution is 2.22. The molecule has 3 nitrogen and oxygen atoms in total. The fourth-order valence-corrected chi connectivity index (χ4v) is 1.31. The molecule has 0 unspecified atom stereocenters. The summed E-state index contributed by atoms with van der Waals surface area (Å²) in [7, 11) is 3.75. The molecule has 0 aliphatic carbocycles. The number of halogens is 1. The molecule has 0 aliphatic heterocycles. The molecule has 4 heteroatoms. The third-order valence-electron chi connectivity index (χ3n) is 1.93. The van der Waals surface area contributed by atoms with Crippen LogP contribution >= 0.6 is 0 Å². The van der Waals surface area contributed by atoms with Crippen molar-refractivity contribution in [3.63, 3.8) is 0 Å². The average Bonchev–Trinajstić information content (AvgIpc) is 2.46. The van der Waals surface area contributed by atoms with Gasteiger partial charge in [0.05, 0.1) is 5.52 Å². The van der Waals surface area contributed by atoms with Gasteiger partial charge in [-0.05, 0) is 18.2 Å². The Morgan fingerprint density at radius 1 is 1.38 bits per heavy atom. The Morgan fingerprint density at radius 3 is 2.85 bits per heavy atom. The molecule has 1 N–H and O–H groups in total. The van der Waals surface area contributed by atoms with Crippen LogP contribution in [-0.4, -0.2) is 24.3 Å². The number of fused-ring (bicyclic) bond motifs is 1. The molecule has 0 radical (unpaired) electrons. The van der Waals surface area contributed by atoms with E-state index in [0.29, 0.717) is 0 Å². The van der Waals surface area contributed by atoms with Crippen molar-refractivity contribution in [3.8, 4) is 0 Å². The third-order valence-corrected chi connectivity index (χ3v) is 1.93. The summed E-state index contributed by atoms with van der Waals surface area (Å²) < 4.78 is 12.9. The van der Waals surface area contributed by atoms with Gasteiger partial charge in [0, 0.05) is 19.5 Å². The van der Waals surface area contributed by atoms with E-state index < -0.39 is 0 Å². The standard InChI is InChI=1S/C9H10FN3/c1-13(2)9-7-5-6(10)3-4-8(7)11-12-9/h3-5H,1-2H3,(H,11,12). The maximum absolute atomic E-state index is 12.9. The lowest BCUT2D eigenvalue weighted by atomic mass is 10.2. The van der Waals surface area contributed by atoms with Gasteiger partial charge in [0.2, 0.25) is 0 Å². The molecular weight excluding hydrogens is 169 g/mol. The van der Waals surface area contributed by atoms with Gasteiger partial charge in [0.1, 0.15) is 5.82 Å². The minimum Gasteiger partial charge on any atom is -0.361 e. The first-order valence-electron chi connectivity index (χ1n) is 3.99. The molecule has 0 amide bonds. The van der Waals surface area contributed by atoms with Crippen LogP contribution in [0.2, 0.25) is 0 Å². The van der Waals surface area contributed by atoms with Crippen molar-refractivity contribution >= 4 is 16.7 Å². The third kappa shape index (κ3) is 1.24. The quantitative estimate of drug-likeness (QED) is 0.723. The molecule has 0 aliphatic rings. The van der Waals surface area contributed by atoms with Crippen molar-refractivity contribution in [1.82, 2.24) is 10.2 Å². The topological polar surface area (TPSA) is 31.9 Å². The summed E-state index contributed by atoms with van der Waals surface area (Å²) in [6.07, 6.45) is 0. The Morgan fingerprint density at radius 2 is 2.15 bits per heavy atom. The van der Waals surface area contributed by atoms with Crippen molar-refractivity contribution in [2.45, 2.75) is 0 Å².